The van der Waals surface area contributed by atoms with Gasteiger partial charge in [0.05, 0.1) is 23.5 Å². The molecule has 2 aromatic rings. The van der Waals surface area contributed by atoms with Gasteiger partial charge in [-0.05, 0) is 50.2 Å². The molecule has 0 unspecified atom stereocenters. The van der Waals surface area contributed by atoms with E-state index in [4.69, 9.17) is 4.74 Å². The van der Waals surface area contributed by atoms with E-state index < -0.39 is 0 Å². The second kappa shape index (κ2) is 7.77. The number of hydrogen-bond acceptors (Lipinski definition) is 3. The molecule has 0 atom stereocenters. The highest BCUT2D eigenvalue weighted by atomic mass is 79.9. The van der Waals surface area contributed by atoms with Gasteiger partial charge in [0, 0.05) is 25.6 Å². The molecule has 0 saturated heterocycles. The van der Waals surface area contributed by atoms with Crippen LogP contribution in [-0.4, -0.2) is 27.4 Å². The lowest BCUT2D eigenvalue weighted by atomic mass is 9.79. The zero-order chi connectivity index (χ0) is 18.0. The van der Waals surface area contributed by atoms with E-state index in [0.717, 1.165) is 48.9 Å². The lowest BCUT2D eigenvalue weighted by molar-refractivity contribution is -0.121. The summed E-state index contributed by atoms with van der Waals surface area (Å²) < 4.78 is 8.85. The molecule has 1 fully saturated rings. The Morgan fingerprint density at radius 3 is 2.60 bits per heavy atom. The van der Waals surface area contributed by atoms with Gasteiger partial charge in [-0.25, -0.2) is 4.79 Å². The SMILES string of the molecule is COc1ccc2c(c1)n(CCC1CCC(C(=O)CBr)CC1)c(=O)n2C. The smallest absolute Gasteiger partial charge is 0.328 e. The number of carbonyl (C=O) groups is 1. The summed E-state index contributed by atoms with van der Waals surface area (Å²) in [6.45, 7) is 0.713. The predicted octanol–water partition coefficient (Wildman–Crippen LogP) is 3.51. The summed E-state index contributed by atoms with van der Waals surface area (Å²) in [7, 11) is 3.45. The van der Waals surface area contributed by atoms with Crippen LogP contribution in [0, 0.1) is 11.8 Å². The monoisotopic (exact) mass is 408 g/mol. The number of aryl methyl sites for hydroxylation is 2. The first kappa shape index (κ1) is 18.2. The molecule has 3 rings (SSSR count). The summed E-state index contributed by atoms with van der Waals surface area (Å²) >= 11 is 3.27. The minimum Gasteiger partial charge on any atom is -0.497 e. The number of ether oxygens (including phenoxy) is 1. The summed E-state index contributed by atoms with van der Waals surface area (Å²) in [5, 5.41) is 0.468. The average molecular weight is 409 g/mol. The summed E-state index contributed by atoms with van der Waals surface area (Å²) in [5.41, 5.74) is 1.87. The van der Waals surface area contributed by atoms with Gasteiger partial charge in [-0.3, -0.25) is 13.9 Å². The maximum absolute atomic E-state index is 12.6. The zero-order valence-electron chi connectivity index (χ0n) is 14.8. The lowest BCUT2D eigenvalue weighted by Gasteiger charge is -2.27. The number of Topliss-reactive ketones (excluding diaryl/α,β-unsaturated/α-hetero) is 1. The van der Waals surface area contributed by atoms with E-state index in [9.17, 15) is 9.59 Å². The van der Waals surface area contributed by atoms with Crippen molar-refractivity contribution in [1.29, 1.82) is 0 Å². The topological polar surface area (TPSA) is 53.2 Å². The molecule has 136 valence electrons. The average Bonchev–Trinajstić information content (AvgIpc) is 2.89. The standard InChI is InChI=1S/C19H25BrN2O3/c1-21-16-8-7-15(25-2)11-17(16)22(19(21)24)10-9-13-3-5-14(6-4-13)18(23)12-20/h7-8,11,13-14H,3-6,9-10,12H2,1-2H3. The fraction of sp³-hybridized carbons (Fsp3) is 0.579. The highest BCUT2D eigenvalue weighted by molar-refractivity contribution is 9.09. The third-order valence-electron chi connectivity index (χ3n) is 5.55. The van der Waals surface area contributed by atoms with Crippen LogP contribution in [0.25, 0.3) is 11.0 Å². The van der Waals surface area contributed by atoms with Gasteiger partial charge in [0.2, 0.25) is 0 Å². The molecule has 1 aliphatic carbocycles. The van der Waals surface area contributed by atoms with Crippen LogP contribution in [0.15, 0.2) is 23.0 Å². The number of alkyl halides is 1. The van der Waals surface area contributed by atoms with Crippen molar-refractivity contribution in [3.05, 3.63) is 28.7 Å². The van der Waals surface area contributed by atoms with Crippen molar-refractivity contribution in [3.8, 4) is 5.75 Å². The number of benzene rings is 1. The Labute approximate surface area is 156 Å². The Morgan fingerprint density at radius 1 is 1.24 bits per heavy atom. The Morgan fingerprint density at radius 2 is 1.96 bits per heavy atom. The molecule has 1 aromatic heterocycles. The van der Waals surface area contributed by atoms with Gasteiger partial charge in [0.25, 0.3) is 0 Å². The van der Waals surface area contributed by atoms with Crippen LogP contribution in [0.4, 0.5) is 0 Å². The van der Waals surface area contributed by atoms with Crippen molar-refractivity contribution in [1.82, 2.24) is 9.13 Å². The van der Waals surface area contributed by atoms with Crippen LogP contribution in [-0.2, 0) is 18.4 Å². The molecule has 6 heteroatoms. The van der Waals surface area contributed by atoms with Crippen LogP contribution in [0.5, 0.6) is 5.75 Å². The Balaban J connectivity index is 1.71. The van der Waals surface area contributed by atoms with Crippen LogP contribution < -0.4 is 10.4 Å². The molecule has 5 nitrogen and oxygen atoms in total. The summed E-state index contributed by atoms with van der Waals surface area (Å²) in [6.07, 6.45) is 5.09. The van der Waals surface area contributed by atoms with E-state index in [0.29, 0.717) is 23.6 Å². The number of nitrogens with zero attached hydrogens (tertiary/aromatic N) is 2. The lowest BCUT2D eigenvalue weighted by Crippen LogP contribution is -2.26. The molecule has 1 saturated carbocycles. The van der Waals surface area contributed by atoms with Crippen molar-refractivity contribution in [2.45, 2.75) is 38.6 Å². The second-order valence-electron chi connectivity index (χ2n) is 6.95. The number of aromatic nitrogens is 2. The molecule has 0 amide bonds. The van der Waals surface area contributed by atoms with Gasteiger partial charge in [-0.2, -0.15) is 0 Å². The number of fused-ring (bicyclic) bond motifs is 1. The van der Waals surface area contributed by atoms with Gasteiger partial charge in [-0.1, -0.05) is 15.9 Å². The van der Waals surface area contributed by atoms with Gasteiger partial charge in [0.1, 0.15) is 11.5 Å². The third-order valence-corrected chi connectivity index (χ3v) is 6.10. The third kappa shape index (κ3) is 3.68. The van der Waals surface area contributed by atoms with Gasteiger partial charge in [0.15, 0.2) is 0 Å². The maximum Gasteiger partial charge on any atom is 0.328 e. The van der Waals surface area contributed by atoms with Crippen molar-refractivity contribution >= 4 is 32.7 Å². The number of carbonyl (C=O) groups excluding carboxylic acids is 1. The minimum absolute atomic E-state index is 0.0198. The van der Waals surface area contributed by atoms with E-state index >= 15 is 0 Å². The molecular weight excluding hydrogens is 384 g/mol. The largest absolute Gasteiger partial charge is 0.497 e. The van der Waals surface area contributed by atoms with Crippen molar-refractivity contribution < 1.29 is 9.53 Å². The number of imidazole rings is 1. The summed E-state index contributed by atoms with van der Waals surface area (Å²) in [5.74, 6) is 1.91. The highest BCUT2D eigenvalue weighted by Gasteiger charge is 2.25. The van der Waals surface area contributed by atoms with E-state index in [-0.39, 0.29) is 11.6 Å². The molecule has 0 N–H and O–H groups in total. The quantitative estimate of drug-likeness (QED) is 0.687. The summed E-state index contributed by atoms with van der Waals surface area (Å²) in [4.78, 5) is 24.4. The number of rotatable bonds is 6. The zero-order valence-corrected chi connectivity index (χ0v) is 16.4. The van der Waals surface area contributed by atoms with Crippen LogP contribution in [0.2, 0.25) is 0 Å². The predicted molar refractivity (Wildman–Crippen MR) is 103 cm³/mol. The minimum atomic E-state index is 0.0198. The first-order valence-corrected chi connectivity index (χ1v) is 9.99. The number of methoxy groups -OCH3 is 1. The van der Waals surface area contributed by atoms with E-state index in [1.165, 1.54) is 0 Å². The van der Waals surface area contributed by atoms with E-state index in [1.54, 1.807) is 11.7 Å². The highest BCUT2D eigenvalue weighted by Crippen LogP contribution is 2.32. The van der Waals surface area contributed by atoms with Crippen LogP contribution in [0.3, 0.4) is 0 Å². The van der Waals surface area contributed by atoms with Gasteiger partial charge < -0.3 is 4.74 Å². The molecule has 0 spiro atoms. The Kier molecular flexibility index (Phi) is 5.67. The maximum atomic E-state index is 12.6. The first-order valence-electron chi connectivity index (χ1n) is 8.87. The first-order chi connectivity index (χ1) is 12.0. The van der Waals surface area contributed by atoms with Crippen molar-refractivity contribution in [3.63, 3.8) is 0 Å². The molecule has 1 heterocycles. The molecule has 1 aliphatic rings. The normalized spacial score (nSPS) is 20.8. The molecule has 25 heavy (non-hydrogen) atoms. The van der Waals surface area contributed by atoms with E-state index in [1.807, 2.05) is 29.8 Å². The molecule has 1 aromatic carbocycles. The molecule has 0 aliphatic heterocycles. The van der Waals surface area contributed by atoms with Crippen LogP contribution in [0.1, 0.15) is 32.1 Å². The van der Waals surface area contributed by atoms with Crippen LogP contribution >= 0.6 is 15.9 Å². The molecule has 0 radical (unpaired) electrons. The summed E-state index contributed by atoms with van der Waals surface area (Å²) in [6, 6.07) is 5.75. The van der Waals surface area contributed by atoms with E-state index in [2.05, 4.69) is 15.9 Å². The fourth-order valence-electron chi connectivity index (χ4n) is 3.93. The molecule has 0 bridgehead atoms. The number of ketones is 1. The van der Waals surface area contributed by atoms with Gasteiger partial charge >= 0.3 is 5.69 Å². The van der Waals surface area contributed by atoms with Crippen molar-refractivity contribution in [2.24, 2.45) is 18.9 Å². The second-order valence-corrected chi connectivity index (χ2v) is 7.51. The number of hydrogen-bond donors (Lipinski definition) is 0. The van der Waals surface area contributed by atoms with Crippen molar-refractivity contribution in [2.75, 3.05) is 12.4 Å². The Bertz CT molecular complexity index is 816. The number of halogens is 1. The fourth-order valence-corrected chi connectivity index (χ4v) is 4.39. The molecular formula is C19H25BrN2O3. The Hall–Kier alpha value is -1.56. The van der Waals surface area contributed by atoms with Gasteiger partial charge in [-0.15, -0.1) is 0 Å².